The van der Waals surface area contributed by atoms with Crippen LogP contribution in [0.1, 0.15) is 41.0 Å². The van der Waals surface area contributed by atoms with Gasteiger partial charge in [0.15, 0.2) is 23.0 Å². The maximum absolute atomic E-state index is 12.6. The van der Waals surface area contributed by atoms with Crippen molar-refractivity contribution in [2.45, 2.75) is 33.1 Å². The van der Waals surface area contributed by atoms with E-state index in [1.54, 1.807) is 23.6 Å². The van der Waals surface area contributed by atoms with Crippen LogP contribution in [-0.2, 0) is 9.59 Å². The molecule has 0 aliphatic heterocycles. The molecule has 108 valence electrons. The highest BCUT2D eigenvalue weighted by Gasteiger charge is 2.37. The molecule has 3 rings (SSSR count). The second kappa shape index (κ2) is 4.87. The lowest BCUT2D eigenvalue weighted by molar-refractivity contribution is -0.133. The molecule has 0 saturated heterocycles. The fraction of sp³-hybridized carbons (Fsp3) is 0.400. The predicted molar refractivity (Wildman–Crippen MR) is 74.1 cm³/mol. The van der Waals surface area contributed by atoms with Crippen LogP contribution in [0.5, 0.6) is 0 Å². The minimum atomic E-state index is -1.14. The number of fused-ring (bicyclic) bond motifs is 1. The van der Waals surface area contributed by atoms with Gasteiger partial charge in [0.2, 0.25) is 0 Å². The summed E-state index contributed by atoms with van der Waals surface area (Å²) in [6.45, 7) is 3.57. The molecule has 6 heteroatoms. The number of rotatable bonds is 2. The number of aryl methyl sites for hydroxylation is 2. The summed E-state index contributed by atoms with van der Waals surface area (Å²) in [6, 6.07) is 1.64. The second-order valence-electron chi connectivity index (χ2n) is 5.38. The normalized spacial score (nSPS) is 16.7. The summed E-state index contributed by atoms with van der Waals surface area (Å²) in [5.41, 5.74) is 1.60. The SMILES string of the molecule is Cc1c(C(=O)C2C(=O)CCCC2=O)ccn2c(C)nnc12. The Labute approximate surface area is 121 Å². The molecular formula is C15H15N3O3. The van der Waals surface area contributed by atoms with Crippen LogP contribution in [0.25, 0.3) is 5.65 Å². The van der Waals surface area contributed by atoms with Gasteiger partial charge in [0.05, 0.1) is 0 Å². The van der Waals surface area contributed by atoms with Crippen molar-refractivity contribution in [3.05, 3.63) is 29.2 Å². The van der Waals surface area contributed by atoms with Crippen molar-refractivity contribution >= 4 is 23.0 Å². The minimum Gasteiger partial charge on any atom is -0.298 e. The van der Waals surface area contributed by atoms with Crippen LogP contribution in [-0.4, -0.2) is 31.9 Å². The van der Waals surface area contributed by atoms with E-state index in [1.165, 1.54) is 0 Å². The molecule has 1 aliphatic carbocycles. The van der Waals surface area contributed by atoms with Gasteiger partial charge in [-0.1, -0.05) is 0 Å². The molecule has 0 amide bonds. The number of aromatic nitrogens is 3. The van der Waals surface area contributed by atoms with Crippen molar-refractivity contribution in [2.75, 3.05) is 0 Å². The average molecular weight is 285 g/mol. The van der Waals surface area contributed by atoms with E-state index < -0.39 is 11.7 Å². The Morgan fingerprint density at radius 2 is 1.86 bits per heavy atom. The van der Waals surface area contributed by atoms with Gasteiger partial charge in [-0.3, -0.25) is 18.8 Å². The topological polar surface area (TPSA) is 81.4 Å². The zero-order valence-electron chi connectivity index (χ0n) is 11.9. The smallest absolute Gasteiger partial charge is 0.181 e. The van der Waals surface area contributed by atoms with Gasteiger partial charge in [0, 0.05) is 30.2 Å². The Balaban J connectivity index is 2.07. The zero-order valence-corrected chi connectivity index (χ0v) is 11.9. The third-order valence-corrected chi connectivity index (χ3v) is 4.01. The van der Waals surface area contributed by atoms with Gasteiger partial charge in [-0.2, -0.15) is 0 Å². The molecule has 6 nitrogen and oxygen atoms in total. The van der Waals surface area contributed by atoms with E-state index in [4.69, 9.17) is 0 Å². The molecular weight excluding hydrogens is 270 g/mol. The highest BCUT2D eigenvalue weighted by atomic mass is 16.2. The van der Waals surface area contributed by atoms with Gasteiger partial charge in [-0.25, -0.2) is 0 Å². The van der Waals surface area contributed by atoms with Crippen LogP contribution >= 0.6 is 0 Å². The first kappa shape index (κ1) is 13.6. The Morgan fingerprint density at radius 3 is 2.52 bits per heavy atom. The van der Waals surface area contributed by atoms with Crippen molar-refractivity contribution < 1.29 is 14.4 Å². The first-order valence-electron chi connectivity index (χ1n) is 6.91. The van der Waals surface area contributed by atoms with E-state index in [2.05, 4.69) is 10.2 Å². The number of carbonyl (C=O) groups is 3. The third kappa shape index (κ3) is 2.07. The number of nitrogens with zero attached hydrogens (tertiary/aromatic N) is 3. The zero-order chi connectivity index (χ0) is 15.1. The fourth-order valence-electron chi connectivity index (χ4n) is 2.82. The third-order valence-electron chi connectivity index (χ3n) is 4.01. The second-order valence-corrected chi connectivity index (χ2v) is 5.38. The van der Waals surface area contributed by atoms with E-state index >= 15 is 0 Å². The van der Waals surface area contributed by atoms with E-state index in [1.807, 2.05) is 6.92 Å². The Hall–Kier alpha value is -2.37. The van der Waals surface area contributed by atoms with Gasteiger partial charge in [0.25, 0.3) is 0 Å². The van der Waals surface area contributed by atoms with Crippen LogP contribution in [0.4, 0.5) is 0 Å². The first-order valence-corrected chi connectivity index (χ1v) is 6.91. The molecule has 0 atom stereocenters. The van der Waals surface area contributed by atoms with Crippen LogP contribution in [0, 0.1) is 19.8 Å². The highest BCUT2D eigenvalue weighted by molar-refractivity contribution is 6.25. The molecule has 0 bridgehead atoms. The van der Waals surface area contributed by atoms with Crippen molar-refractivity contribution in [2.24, 2.45) is 5.92 Å². The van der Waals surface area contributed by atoms with Gasteiger partial charge >= 0.3 is 0 Å². The Bertz CT molecular complexity index is 760. The summed E-state index contributed by atoms with van der Waals surface area (Å²) in [6.07, 6.45) is 2.84. The molecule has 0 aromatic carbocycles. The number of ketones is 3. The van der Waals surface area contributed by atoms with Crippen molar-refractivity contribution in [3.8, 4) is 0 Å². The van der Waals surface area contributed by atoms with Crippen LogP contribution in [0.2, 0.25) is 0 Å². The van der Waals surface area contributed by atoms with Gasteiger partial charge in [0.1, 0.15) is 11.7 Å². The van der Waals surface area contributed by atoms with Crippen molar-refractivity contribution in [1.29, 1.82) is 0 Å². The highest BCUT2D eigenvalue weighted by Crippen LogP contribution is 2.24. The maximum Gasteiger partial charge on any atom is 0.181 e. The molecule has 2 aromatic rings. The standard InChI is InChI=1S/C15H15N3O3/c1-8-10(6-7-18-9(2)16-17-15(8)18)14(21)13-11(19)4-3-5-12(13)20/h6-7,13H,3-5H2,1-2H3. The molecule has 21 heavy (non-hydrogen) atoms. The number of Topliss-reactive ketones (excluding diaryl/α,β-unsaturated/α-hetero) is 3. The Kier molecular flexibility index (Phi) is 3.16. The lowest BCUT2D eigenvalue weighted by atomic mass is 9.81. The lowest BCUT2D eigenvalue weighted by Gasteiger charge is -2.19. The maximum atomic E-state index is 12.6. The molecule has 2 aromatic heterocycles. The quantitative estimate of drug-likeness (QED) is 0.616. The largest absolute Gasteiger partial charge is 0.298 e. The molecule has 0 unspecified atom stereocenters. The fourth-order valence-corrected chi connectivity index (χ4v) is 2.82. The van der Waals surface area contributed by atoms with E-state index in [-0.39, 0.29) is 11.6 Å². The minimum absolute atomic E-state index is 0.270. The average Bonchev–Trinajstić information content (AvgIpc) is 2.81. The molecule has 0 radical (unpaired) electrons. The number of hydrogen-bond donors (Lipinski definition) is 0. The van der Waals surface area contributed by atoms with Crippen molar-refractivity contribution in [1.82, 2.24) is 14.6 Å². The van der Waals surface area contributed by atoms with Crippen LogP contribution in [0.15, 0.2) is 12.3 Å². The predicted octanol–water partition coefficient (Wildman–Crippen LogP) is 1.47. The molecule has 2 heterocycles. The van der Waals surface area contributed by atoms with E-state index in [0.29, 0.717) is 36.0 Å². The summed E-state index contributed by atoms with van der Waals surface area (Å²) in [7, 11) is 0. The van der Waals surface area contributed by atoms with Crippen LogP contribution in [0.3, 0.4) is 0 Å². The summed E-state index contributed by atoms with van der Waals surface area (Å²) >= 11 is 0. The Morgan fingerprint density at radius 1 is 1.19 bits per heavy atom. The van der Waals surface area contributed by atoms with Gasteiger partial charge in [-0.15, -0.1) is 10.2 Å². The lowest BCUT2D eigenvalue weighted by Crippen LogP contribution is -2.35. The molecule has 1 aliphatic rings. The molecule has 0 N–H and O–H groups in total. The number of carbonyl (C=O) groups excluding carboxylic acids is 3. The summed E-state index contributed by atoms with van der Waals surface area (Å²) in [5.74, 6) is -1.37. The van der Waals surface area contributed by atoms with Gasteiger partial charge < -0.3 is 0 Å². The van der Waals surface area contributed by atoms with Crippen molar-refractivity contribution in [3.63, 3.8) is 0 Å². The summed E-state index contributed by atoms with van der Waals surface area (Å²) in [5, 5.41) is 8.00. The summed E-state index contributed by atoms with van der Waals surface area (Å²) in [4.78, 5) is 36.4. The van der Waals surface area contributed by atoms with Crippen LogP contribution < -0.4 is 0 Å². The van der Waals surface area contributed by atoms with E-state index in [0.717, 1.165) is 5.82 Å². The summed E-state index contributed by atoms with van der Waals surface area (Å²) < 4.78 is 1.77. The molecule has 1 saturated carbocycles. The molecule has 0 spiro atoms. The molecule has 1 fully saturated rings. The van der Waals surface area contributed by atoms with Gasteiger partial charge in [-0.05, 0) is 26.3 Å². The number of pyridine rings is 1. The van der Waals surface area contributed by atoms with E-state index in [9.17, 15) is 14.4 Å². The monoisotopic (exact) mass is 285 g/mol. The number of hydrogen-bond acceptors (Lipinski definition) is 5. The first-order chi connectivity index (χ1) is 10.0.